The smallest absolute Gasteiger partial charge is 0.405 e. The number of aldehydes is 1. The molecule has 0 aromatic heterocycles. The Labute approximate surface area is 92.0 Å². The maximum absolute atomic E-state index is 10.7. The summed E-state index contributed by atoms with van der Waals surface area (Å²) in [5.74, 6) is 0. The van der Waals surface area contributed by atoms with Gasteiger partial charge in [0.2, 0.25) is 0 Å². The van der Waals surface area contributed by atoms with E-state index in [9.17, 15) is 9.59 Å². The Morgan fingerprint density at radius 2 is 2.25 bits per heavy atom. The monoisotopic (exact) mass is 221 g/mol. The minimum absolute atomic E-state index is 0.293. The minimum atomic E-state index is -1.10. The molecule has 1 amide bonds. The molecule has 1 aliphatic rings. The number of carbonyl (C=O) groups is 2. The zero-order chi connectivity index (χ0) is 11.6. The van der Waals surface area contributed by atoms with Crippen molar-refractivity contribution >= 4 is 12.4 Å². The topological polar surface area (TPSA) is 75.6 Å². The number of hydrogen-bond donors (Lipinski definition) is 2. The second-order valence-electron chi connectivity index (χ2n) is 3.75. The summed E-state index contributed by atoms with van der Waals surface area (Å²) >= 11 is 0. The highest BCUT2D eigenvalue weighted by atomic mass is 16.5. The summed E-state index contributed by atoms with van der Waals surface area (Å²) in [6, 6.07) is 6.85. The molecule has 5 heteroatoms. The Hall–Kier alpha value is -1.88. The van der Waals surface area contributed by atoms with Crippen LogP contribution in [0.4, 0.5) is 4.79 Å². The second kappa shape index (κ2) is 3.94. The number of hydrogen-bond acceptors (Lipinski definition) is 3. The predicted octanol–water partition coefficient (Wildman–Crippen LogP) is 0.992. The van der Waals surface area contributed by atoms with Crippen LogP contribution in [0.5, 0.6) is 0 Å². The number of ether oxygens (including phenoxy) is 1. The van der Waals surface area contributed by atoms with Crippen molar-refractivity contribution in [1.29, 1.82) is 0 Å². The summed E-state index contributed by atoms with van der Waals surface area (Å²) in [6.45, 7) is 0.587. The van der Waals surface area contributed by atoms with Gasteiger partial charge in [-0.25, -0.2) is 4.79 Å². The Bertz CT molecular complexity index is 426. The lowest BCUT2D eigenvalue weighted by molar-refractivity contribution is -0.0744. The summed E-state index contributed by atoms with van der Waals surface area (Å²) < 4.78 is 5.05. The molecule has 2 N–H and O–H groups in total. The minimum Gasteiger partial charge on any atom is -0.465 e. The molecule has 0 aliphatic carbocycles. The number of benzene rings is 1. The third-order valence-electron chi connectivity index (χ3n) is 2.62. The van der Waals surface area contributed by atoms with E-state index in [-0.39, 0.29) is 0 Å². The van der Waals surface area contributed by atoms with E-state index in [4.69, 9.17) is 9.84 Å². The van der Waals surface area contributed by atoms with Gasteiger partial charge in [-0.2, -0.15) is 0 Å². The Morgan fingerprint density at radius 3 is 2.75 bits per heavy atom. The highest BCUT2D eigenvalue weighted by Crippen LogP contribution is 2.29. The van der Waals surface area contributed by atoms with Crippen molar-refractivity contribution in [2.24, 2.45) is 0 Å². The average molecular weight is 221 g/mol. The summed E-state index contributed by atoms with van der Waals surface area (Å²) in [6.07, 6.45) is -0.364. The van der Waals surface area contributed by atoms with Gasteiger partial charge >= 0.3 is 6.09 Å². The zero-order valence-electron chi connectivity index (χ0n) is 8.47. The molecule has 0 unspecified atom stereocenters. The fraction of sp³-hybridized carbons (Fsp3) is 0.273. The number of carboxylic acid groups (broad SMARTS) is 1. The van der Waals surface area contributed by atoms with Crippen LogP contribution in [-0.4, -0.2) is 30.7 Å². The van der Waals surface area contributed by atoms with E-state index in [0.717, 1.165) is 11.8 Å². The Balaban J connectivity index is 2.32. The highest BCUT2D eigenvalue weighted by Gasteiger charge is 2.42. The summed E-state index contributed by atoms with van der Waals surface area (Å²) in [4.78, 5) is 21.3. The average Bonchev–Trinajstić information content (AvgIpc) is 2.23. The number of carbonyl (C=O) groups excluding carboxylic acids is 1. The molecule has 1 aliphatic heterocycles. The van der Waals surface area contributed by atoms with Crippen LogP contribution in [0.3, 0.4) is 0 Å². The molecule has 0 spiro atoms. The van der Waals surface area contributed by atoms with Crippen LogP contribution in [0.1, 0.15) is 15.9 Å². The van der Waals surface area contributed by atoms with Crippen molar-refractivity contribution in [2.75, 3.05) is 13.2 Å². The molecule has 0 atom stereocenters. The van der Waals surface area contributed by atoms with E-state index >= 15 is 0 Å². The molecule has 1 saturated heterocycles. The third kappa shape index (κ3) is 1.77. The molecule has 1 fully saturated rings. The largest absolute Gasteiger partial charge is 0.465 e. The standard InChI is InChI=1S/C11H11NO4/c13-5-8-2-1-3-9(4-8)11(6-16-7-11)12-10(14)15/h1-5,12H,6-7H2,(H,14,15). The normalized spacial score (nSPS) is 17.2. The number of rotatable bonds is 3. The predicted molar refractivity (Wildman–Crippen MR) is 55.5 cm³/mol. The van der Waals surface area contributed by atoms with E-state index in [1.54, 1.807) is 24.3 Å². The molecule has 2 rings (SSSR count). The molecular formula is C11H11NO4. The van der Waals surface area contributed by atoms with Crippen molar-refractivity contribution in [2.45, 2.75) is 5.54 Å². The van der Waals surface area contributed by atoms with Crippen LogP contribution in [0.25, 0.3) is 0 Å². The lowest BCUT2D eigenvalue weighted by atomic mass is 9.87. The van der Waals surface area contributed by atoms with Crippen LogP contribution in [0.2, 0.25) is 0 Å². The first-order valence-corrected chi connectivity index (χ1v) is 4.81. The quantitative estimate of drug-likeness (QED) is 0.746. The van der Waals surface area contributed by atoms with Gasteiger partial charge in [-0.05, 0) is 11.6 Å². The van der Waals surface area contributed by atoms with Gasteiger partial charge in [-0.3, -0.25) is 4.79 Å². The summed E-state index contributed by atoms with van der Waals surface area (Å²) in [5, 5.41) is 11.2. The lowest BCUT2D eigenvalue weighted by Gasteiger charge is -2.41. The maximum Gasteiger partial charge on any atom is 0.405 e. The molecule has 1 heterocycles. The molecule has 0 bridgehead atoms. The first-order valence-electron chi connectivity index (χ1n) is 4.81. The Kier molecular flexibility index (Phi) is 2.62. The van der Waals surface area contributed by atoms with Gasteiger partial charge in [-0.1, -0.05) is 18.2 Å². The molecule has 1 aromatic rings. The van der Waals surface area contributed by atoms with Gasteiger partial charge in [0.15, 0.2) is 0 Å². The Morgan fingerprint density at radius 1 is 1.50 bits per heavy atom. The van der Waals surface area contributed by atoms with Gasteiger partial charge < -0.3 is 15.2 Å². The summed E-state index contributed by atoms with van der Waals surface area (Å²) in [5.41, 5.74) is 0.576. The fourth-order valence-electron chi connectivity index (χ4n) is 1.73. The van der Waals surface area contributed by atoms with E-state index in [1.165, 1.54) is 0 Å². The van der Waals surface area contributed by atoms with E-state index < -0.39 is 11.6 Å². The molecular weight excluding hydrogens is 210 g/mol. The van der Waals surface area contributed by atoms with Crippen molar-refractivity contribution in [1.82, 2.24) is 5.32 Å². The number of amides is 1. The molecule has 0 radical (unpaired) electrons. The highest BCUT2D eigenvalue weighted by molar-refractivity contribution is 5.75. The van der Waals surface area contributed by atoms with Crippen molar-refractivity contribution < 1.29 is 19.4 Å². The number of nitrogens with one attached hydrogen (secondary N) is 1. The third-order valence-corrected chi connectivity index (χ3v) is 2.62. The first-order chi connectivity index (χ1) is 7.66. The maximum atomic E-state index is 10.7. The molecule has 16 heavy (non-hydrogen) atoms. The van der Waals surface area contributed by atoms with Crippen LogP contribution in [-0.2, 0) is 10.3 Å². The van der Waals surface area contributed by atoms with E-state index in [0.29, 0.717) is 18.8 Å². The van der Waals surface area contributed by atoms with E-state index in [2.05, 4.69) is 5.32 Å². The lowest BCUT2D eigenvalue weighted by Crippen LogP contribution is -2.59. The van der Waals surface area contributed by atoms with Crippen LogP contribution < -0.4 is 5.32 Å². The van der Waals surface area contributed by atoms with Crippen LogP contribution in [0, 0.1) is 0 Å². The van der Waals surface area contributed by atoms with Crippen molar-refractivity contribution in [3.63, 3.8) is 0 Å². The van der Waals surface area contributed by atoms with E-state index in [1.807, 2.05) is 0 Å². The van der Waals surface area contributed by atoms with Gasteiger partial charge in [0, 0.05) is 5.56 Å². The molecule has 1 aromatic carbocycles. The van der Waals surface area contributed by atoms with Crippen molar-refractivity contribution in [3.05, 3.63) is 35.4 Å². The van der Waals surface area contributed by atoms with Gasteiger partial charge in [0.1, 0.15) is 11.8 Å². The molecule has 84 valence electrons. The van der Waals surface area contributed by atoms with Gasteiger partial charge in [0.05, 0.1) is 13.2 Å². The second-order valence-corrected chi connectivity index (χ2v) is 3.75. The first kappa shape index (κ1) is 10.6. The summed E-state index contributed by atoms with van der Waals surface area (Å²) in [7, 11) is 0. The fourth-order valence-corrected chi connectivity index (χ4v) is 1.73. The van der Waals surface area contributed by atoms with Gasteiger partial charge in [0.25, 0.3) is 0 Å². The van der Waals surface area contributed by atoms with Crippen LogP contribution in [0.15, 0.2) is 24.3 Å². The molecule has 0 saturated carbocycles. The van der Waals surface area contributed by atoms with Crippen LogP contribution >= 0.6 is 0 Å². The zero-order valence-corrected chi connectivity index (χ0v) is 8.47. The SMILES string of the molecule is O=Cc1cccc(C2(NC(=O)O)COC2)c1. The molecule has 5 nitrogen and oxygen atoms in total. The van der Waals surface area contributed by atoms with Gasteiger partial charge in [-0.15, -0.1) is 0 Å². The van der Waals surface area contributed by atoms with Crippen molar-refractivity contribution in [3.8, 4) is 0 Å².